The highest BCUT2D eigenvalue weighted by Crippen LogP contribution is 2.15. The molecule has 0 N–H and O–H groups in total. The molecule has 0 saturated heterocycles. The van der Waals surface area contributed by atoms with Crippen LogP contribution >= 0.6 is 11.3 Å². The lowest BCUT2D eigenvalue weighted by Gasteiger charge is -2.11. The van der Waals surface area contributed by atoms with Gasteiger partial charge in [0, 0.05) is 18.8 Å². The molecule has 0 aliphatic carbocycles. The summed E-state index contributed by atoms with van der Waals surface area (Å²) >= 11 is 1.65. The topological polar surface area (TPSA) is 30.8 Å². The van der Waals surface area contributed by atoms with Crippen molar-refractivity contribution < 1.29 is 9.47 Å². The van der Waals surface area contributed by atoms with Crippen LogP contribution in [0.1, 0.15) is 12.5 Å². The van der Waals surface area contributed by atoms with E-state index < -0.39 is 0 Å². The third-order valence-corrected chi connectivity index (χ3v) is 2.91. The van der Waals surface area contributed by atoms with E-state index in [2.05, 4.69) is 11.6 Å². The molecule has 0 unspecified atom stereocenters. The van der Waals surface area contributed by atoms with Crippen LogP contribution < -0.4 is 0 Å². The van der Waals surface area contributed by atoms with Crippen LogP contribution in [0.15, 0.2) is 46.0 Å². The summed E-state index contributed by atoms with van der Waals surface area (Å²) in [7, 11) is 3.32. The number of aliphatic imine (C=N–C) groups is 1. The van der Waals surface area contributed by atoms with Crippen molar-refractivity contribution in [2.45, 2.75) is 13.5 Å². The molecular weight excluding hydrogens is 234 g/mol. The van der Waals surface area contributed by atoms with Gasteiger partial charge in [0.25, 0.3) is 0 Å². The van der Waals surface area contributed by atoms with Crippen molar-refractivity contribution in [1.29, 1.82) is 0 Å². The lowest BCUT2D eigenvalue weighted by molar-refractivity contribution is 0.168. The SMILES string of the molecule is C=C(OCc1ccsc1)C(=CC(C)=NC)OC. The average molecular weight is 251 g/mol. The number of methoxy groups -OCH3 is 1. The molecule has 0 bridgehead atoms. The van der Waals surface area contributed by atoms with Crippen LogP contribution in [0.2, 0.25) is 0 Å². The highest BCUT2D eigenvalue weighted by Gasteiger charge is 2.05. The molecule has 0 aliphatic rings. The van der Waals surface area contributed by atoms with Crippen LogP contribution in [0.5, 0.6) is 0 Å². The Bertz CT molecular complexity index is 419. The Morgan fingerprint density at radius 1 is 1.59 bits per heavy atom. The third kappa shape index (κ3) is 4.44. The molecular formula is C13H17NO2S. The highest BCUT2D eigenvalue weighted by atomic mass is 32.1. The standard InChI is InChI=1S/C13H17NO2S/c1-10(14-3)7-13(15-4)11(2)16-8-12-5-6-17-9-12/h5-7,9H,2,8H2,1,3-4H3. The molecule has 0 atom stereocenters. The van der Waals surface area contributed by atoms with E-state index in [0.717, 1.165) is 11.3 Å². The minimum Gasteiger partial charge on any atom is -0.493 e. The Morgan fingerprint density at radius 2 is 2.35 bits per heavy atom. The van der Waals surface area contributed by atoms with Gasteiger partial charge in [0.1, 0.15) is 6.61 Å². The normalized spacial score (nSPS) is 12.4. The summed E-state index contributed by atoms with van der Waals surface area (Å²) in [5.74, 6) is 1.12. The smallest absolute Gasteiger partial charge is 0.161 e. The largest absolute Gasteiger partial charge is 0.493 e. The Hall–Kier alpha value is -1.55. The second kappa shape index (κ2) is 6.91. The van der Waals surface area contributed by atoms with Crippen LogP contribution in [0.4, 0.5) is 0 Å². The van der Waals surface area contributed by atoms with E-state index in [0.29, 0.717) is 18.1 Å². The molecule has 4 heteroatoms. The van der Waals surface area contributed by atoms with Gasteiger partial charge in [-0.1, -0.05) is 6.58 Å². The number of nitrogens with zero attached hydrogens (tertiary/aromatic N) is 1. The second-order valence-corrected chi connectivity index (χ2v) is 4.20. The van der Waals surface area contributed by atoms with Crippen molar-refractivity contribution >= 4 is 17.0 Å². The Balaban J connectivity index is 2.58. The van der Waals surface area contributed by atoms with E-state index in [1.54, 1.807) is 31.6 Å². The third-order valence-electron chi connectivity index (χ3n) is 2.18. The fourth-order valence-electron chi connectivity index (χ4n) is 1.12. The van der Waals surface area contributed by atoms with Crippen molar-refractivity contribution in [3.05, 3.63) is 46.6 Å². The first kappa shape index (κ1) is 13.5. The minimum absolute atomic E-state index is 0.505. The van der Waals surface area contributed by atoms with Gasteiger partial charge in [-0.3, -0.25) is 4.99 Å². The molecule has 1 heterocycles. The van der Waals surface area contributed by atoms with Gasteiger partial charge in [0.2, 0.25) is 0 Å². The minimum atomic E-state index is 0.505. The first-order chi connectivity index (χ1) is 8.17. The van der Waals surface area contributed by atoms with Gasteiger partial charge in [0.05, 0.1) is 7.11 Å². The number of hydrogen-bond donors (Lipinski definition) is 0. The van der Waals surface area contributed by atoms with Crippen molar-refractivity contribution in [1.82, 2.24) is 0 Å². The van der Waals surface area contributed by atoms with Gasteiger partial charge >= 0.3 is 0 Å². The predicted octanol–water partition coefficient (Wildman–Crippen LogP) is 3.40. The zero-order valence-corrected chi connectivity index (χ0v) is 11.2. The summed E-state index contributed by atoms with van der Waals surface area (Å²) in [6, 6.07) is 2.02. The number of hydrogen-bond acceptors (Lipinski definition) is 4. The van der Waals surface area contributed by atoms with Crippen LogP contribution in [0.25, 0.3) is 0 Å². The van der Waals surface area contributed by atoms with Crippen LogP contribution in [0, 0.1) is 0 Å². The molecule has 0 aromatic carbocycles. The van der Waals surface area contributed by atoms with Crippen molar-refractivity contribution in [2.75, 3.05) is 14.2 Å². The van der Waals surface area contributed by atoms with Crippen LogP contribution in [-0.4, -0.2) is 19.9 Å². The van der Waals surface area contributed by atoms with Crippen LogP contribution in [-0.2, 0) is 16.1 Å². The van der Waals surface area contributed by atoms with Gasteiger partial charge in [-0.25, -0.2) is 0 Å². The zero-order valence-electron chi connectivity index (χ0n) is 10.4. The molecule has 0 spiro atoms. The molecule has 0 saturated carbocycles. The van der Waals surface area contributed by atoms with E-state index in [1.807, 2.05) is 23.8 Å². The predicted molar refractivity (Wildman–Crippen MR) is 72.4 cm³/mol. The van der Waals surface area contributed by atoms with Crippen molar-refractivity contribution in [2.24, 2.45) is 4.99 Å². The van der Waals surface area contributed by atoms with Gasteiger partial charge in [-0.2, -0.15) is 11.3 Å². The Kier molecular flexibility index (Phi) is 5.49. The Labute approximate surface area is 106 Å². The first-order valence-corrected chi connectivity index (χ1v) is 6.14. The van der Waals surface area contributed by atoms with E-state index in [4.69, 9.17) is 9.47 Å². The van der Waals surface area contributed by atoms with Gasteiger partial charge in [0.15, 0.2) is 11.5 Å². The number of thiophene rings is 1. The molecule has 1 rings (SSSR count). The molecule has 0 aliphatic heterocycles. The average Bonchev–Trinajstić information content (AvgIpc) is 2.85. The number of rotatable bonds is 6. The maximum Gasteiger partial charge on any atom is 0.161 e. The second-order valence-electron chi connectivity index (χ2n) is 3.42. The fraction of sp³-hybridized carbons (Fsp3) is 0.308. The molecule has 1 aromatic rings. The molecule has 92 valence electrons. The Morgan fingerprint density at radius 3 is 2.88 bits per heavy atom. The number of allylic oxidation sites excluding steroid dienone is 1. The summed E-state index contributed by atoms with van der Waals surface area (Å²) in [5, 5.41) is 4.06. The van der Waals surface area contributed by atoms with Gasteiger partial charge in [-0.05, 0) is 29.3 Å². The molecule has 17 heavy (non-hydrogen) atoms. The quantitative estimate of drug-likeness (QED) is 0.441. The summed E-state index contributed by atoms with van der Waals surface area (Å²) < 4.78 is 10.8. The van der Waals surface area contributed by atoms with E-state index in [9.17, 15) is 0 Å². The summed E-state index contributed by atoms with van der Waals surface area (Å²) in [6.45, 7) is 6.24. The fourth-order valence-corrected chi connectivity index (χ4v) is 1.78. The van der Waals surface area contributed by atoms with Crippen molar-refractivity contribution in [3.8, 4) is 0 Å². The molecule has 0 radical (unpaired) electrons. The van der Waals surface area contributed by atoms with E-state index in [1.165, 1.54) is 0 Å². The van der Waals surface area contributed by atoms with Crippen LogP contribution in [0.3, 0.4) is 0 Å². The maximum absolute atomic E-state index is 5.55. The maximum atomic E-state index is 5.55. The van der Waals surface area contributed by atoms with Gasteiger partial charge in [-0.15, -0.1) is 0 Å². The zero-order chi connectivity index (χ0) is 12.7. The summed E-state index contributed by atoms with van der Waals surface area (Å²) in [5.41, 5.74) is 2.00. The van der Waals surface area contributed by atoms with E-state index in [-0.39, 0.29) is 0 Å². The molecule has 1 aromatic heterocycles. The lowest BCUT2D eigenvalue weighted by Crippen LogP contribution is -2.00. The van der Waals surface area contributed by atoms with E-state index >= 15 is 0 Å². The lowest BCUT2D eigenvalue weighted by atomic mass is 10.3. The molecule has 0 fully saturated rings. The number of ether oxygens (including phenoxy) is 2. The monoisotopic (exact) mass is 251 g/mol. The summed E-state index contributed by atoms with van der Waals surface area (Å²) in [6.07, 6.45) is 1.80. The van der Waals surface area contributed by atoms with Gasteiger partial charge < -0.3 is 9.47 Å². The van der Waals surface area contributed by atoms with Crippen molar-refractivity contribution in [3.63, 3.8) is 0 Å². The highest BCUT2D eigenvalue weighted by molar-refractivity contribution is 7.07. The summed E-state index contributed by atoms with van der Waals surface area (Å²) in [4.78, 5) is 4.03. The molecule has 0 amide bonds. The molecule has 3 nitrogen and oxygen atoms in total. The first-order valence-electron chi connectivity index (χ1n) is 5.19.